The molecule has 2 aromatic carbocycles. The molecular weight excluding hydrogens is 575 g/mol. The van der Waals surface area contributed by atoms with Crippen LogP contribution in [-0.2, 0) is 11.3 Å². The molecule has 8 nitrogen and oxygen atoms in total. The van der Waals surface area contributed by atoms with Crippen LogP contribution in [0.5, 0.6) is 11.5 Å². The van der Waals surface area contributed by atoms with Gasteiger partial charge in [-0.25, -0.2) is 0 Å². The van der Waals surface area contributed by atoms with Crippen LogP contribution in [0, 0.1) is 3.57 Å². The van der Waals surface area contributed by atoms with E-state index in [-0.39, 0.29) is 25.5 Å². The van der Waals surface area contributed by atoms with Gasteiger partial charge in [0.1, 0.15) is 18.5 Å². The highest BCUT2D eigenvalue weighted by Crippen LogP contribution is 2.36. The smallest absolute Gasteiger partial charge is 0.247 e. The Kier molecular flexibility index (Phi) is 9.72. The number of halogens is 2. The lowest BCUT2D eigenvalue weighted by molar-refractivity contribution is -0.118. The predicted octanol–water partition coefficient (Wildman–Crippen LogP) is 2.47. The molecule has 3 unspecified atom stereocenters. The lowest BCUT2D eigenvalue weighted by Gasteiger charge is -2.34. The van der Waals surface area contributed by atoms with Crippen molar-refractivity contribution in [3.63, 3.8) is 0 Å². The van der Waals surface area contributed by atoms with E-state index in [4.69, 9.17) is 26.2 Å². The number of rotatable bonds is 10. The lowest BCUT2D eigenvalue weighted by Crippen LogP contribution is -2.51. The van der Waals surface area contributed by atoms with Crippen LogP contribution in [0.15, 0.2) is 48.0 Å². The van der Waals surface area contributed by atoms with Gasteiger partial charge in [-0.1, -0.05) is 23.7 Å². The van der Waals surface area contributed by atoms with Gasteiger partial charge in [0, 0.05) is 35.3 Å². The zero-order chi connectivity index (χ0) is 24.7. The quantitative estimate of drug-likeness (QED) is 0.245. The summed E-state index contributed by atoms with van der Waals surface area (Å²) >= 11 is 7.99. The number of nitrogens with one attached hydrogen (secondary N) is 2. The molecule has 182 valence electrons. The summed E-state index contributed by atoms with van der Waals surface area (Å²) in [6.07, 6.45) is 0.721. The molecule has 0 fully saturated rings. The number of aldehydes is 1. The maximum atomic E-state index is 12.7. The molecule has 0 spiro atoms. The van der Waals surface area contributed by atoms with Crippen LogP contribution < -0.4 is 20.1 Å². The van der Waals surface area contributed by atoms with Crippen LogP contribution in [0.25, 0.3) is 0 Å². The van der Waals surface area contributed by atoms with Crippen molar-refractivity contribution in [2.75, 3.05) is 20.3 Å². The predicted molar refractivity (Wildman–Crippen MR) is 136 cm³/mol. The van der Waals surface area contributed by atoms with Crippen LogP contribution in [0.1, 0.15) is 22.3 Å². The van der Waals surface area contributed by atoms with Gasteiger partial charge >= 0.3 is 0 Å². The van der Waals surface area contributed by atoms with E-state index >= 15 is 0 Å². The Morgan fingerprint density at radius 2 is 2.03 bits per heavy atom. The molecule has 4 N–H and O–H groups in total. The van der Waals surface area contributed by atoms with Crippen molar-refractivity contribution < 1.29 is 29.3 Å². The minimum absolute atomic E-state index is 0.117. The maximum Gasteiger partial charge on any atom is 0.247 e. The lowest BCUT2D eigenvalue weighted by atomic mass is 9.89. The number of hydrogen-bond acceptors (Lipinski definition) is 7. The average molecular weight is 601 g/mol. The molecule has 10 heteroatoms. The van der Waals surface area contributed by atoms with Crippen molar-refractivity contribution in [2.45, 2.75) is 31.2 Å². The monoisotopic (exact) mass is 600 g/mol. The van der Waals surface area contributed by atoms with Gasteiger partial charge in [0.25, 0.3) is 0 Å². The van der Waals surface area contributed by atoms with Crippen molar-refractivity contribution >= 4 is 46.4 Å². The van der Waals surface area contributed by atoms with Crippen LogP contribution in [0.2, 0.25) is 5.02 Å². The van der Waals surface area contributed by atoms with E-state index in [1.54, 1.807) is 30.3 Å². The minimum Gasteiger partial charge on any atom is -0.493 e. The normalized spacial score (nSPS) is 19.8. The number of ether oxygens (including phenoxy) is 2. The molecule has 3 atom stereocenters. The molecule has 0 heterocycles. The maximum absolute atomic E-state index is 12.7. The number of carbonyl (C=O) groups excluding carboxylic acids is 2. The topological polar surface area (TPSA) is 117 Å². The summed E-state index contributed by atoms with van der Waals surface area (Å²) in [5, 5.41) is 26.8. The van der Waals surface area contributed by atoms with E-state index in [9.17, 15) is 14.7 Å². The number of amides is 1. The molecule has 1 aliphatic rings. The number of carbonyl (C=O) groups is 2. The van der Waals surface area contributed by atoms with E-state index in [0.29, 0.717) is 44.1 Å². The highest BCUT2D eigenvalue weighted by atomic mass is 127. The standard InChI is InChI=1S/C24H26ClIN2O6/c1-33-21-9-15(13-30)8-18(26)23(21)34-20-11-16(24(32)27-6-7-29)10-19(22(20)31)28-12-14-2-4-17(25)5-3-14/h2-5,8-9,11,13,19-20,22,28-29,31H,6-7,10,12H2,1H3,(H,27,32). The van der Waals surface area contributed by atoms with Gasteiger partial charge in [-0.15, -0.1) is 0 Å². The second-order valence-corrected chi connectivity index (χ2v) is 9.31. The third kappa shape index (κ3) is 6.70. The Bertz CT molecular complexity index is 1050. The summed E-state index contributed by atoms with van der Waals surface area (Å²) in [5.41, 5.74) is 1.83. The molecule has 2 aromatic rings. The number of hydrogen-bond donors (Lipinski definition) is 4. The Morgan fingerprint density at radius 1 is 1.29 bits per heavy atom. The molecule has 0 saturated carbocycles. The highest BCUT2D eigenvalue weighted by molar-refractivity contribution is 14.1. The number of aliphatic hydroxyl groups excluding tert-OH is 2. The Balaban J connectivity index is 1.86. The van der Waals surface area contributed by atoms with Crippen LogP contribution in [-0.4, -0.2) is 60.9 Å². The first kappa shape index (κ1) is 26.4. The van der Waals surface area contributed by atoms with Crippen LogP contribution in [0.3, 0.4) is 0 Å². The summed E-state index contributed by atoms with van der Waals surface area (Å²) in [4.78, 5) is 23.9. The third-order valence-electron chi connectivity index (χ3n) is 5.37. The average Bonchev–Trinajstić information content (AvgIpc) is 2.84. The van der Waals surface area contributed by atoms with Crippen molar-refractivity contribution in [1.82, 2.24) is 10.6 Å². The Labute approximate surface area is 216 Å². The van der Waals surface area contributed by atoms with Crippen LogP contribution >= 0.6 is 34.2 Å². The molecule has 0 saturated heterocycles. The van der Waals surface area contributed by atoms with Crippen molar-refractivity contribution in [1.29, 1.82) is 0 Å². The number of methoxy groups -OCH3 is 1. The molecule has 0 aliphatic heterocycles. The Morgan fingerprint density at radius 3 is 2.68 bits per heavy atom. The number of aliphatic hydroxyl groups is 2. The second kappa shape index (κ2) is 12.5. The second-order valence-electron chi connectivity index (χ2n) is 7.71. The fourth-order valence-corrected chi connectivity index (χ4v) is 4.49. The summed E-state index contributed by atoms with van der Waals surface area (Å²) in [6, 6.07) is 10.0. The summed E-state index contributed by atoms with van der Waals surface area (Å²) < 4.78 is 12.2. The number of benzene rings is 2. The molecule has 0 radical (unpaired) electrons. The van der Waals surface area contributed by atoms with Gasteiger partial charge in [0.2, 0.25) is 5.91 Å². The first-order chi connectivity index (χ1) is 16.4. The summed E-state index contributed by atoms with van der Waals surface area (Å²) in [5.74, 6) is 0.366. The zero-order valence-corrected chi connectivity index (χ0v) is 21.4. The molecule has 0 bridgehead atoms. The molecule has 34 heavy (non-hydrogen) atoms. The van der Waals surface area contributed by atoms with Crippen molar-refractivity contribution in [3.8, 4) is 11.5 Å². The van der Waals surface area contributed by atoms with E-state index < -0.39 is 18.2 Å². The van der Waals surface area contributed by atoms with Gasteiger partial charge in [-0.05, 0) is 64.9 Å². The summed E-state index contributed by atoms with van der Waals surface area (Å²) in [6.45, 7) is 0.385. The fraction of sp³-hybridized carbons (Fsp3) is 0.333. The molecule has 1 aliphatic carbocycles. The van der Waals surface area contributed by atoms with Crippen molar-refractivity contribution in [3.05, 3.63) is 67.8 Å². The minimum atomic E-state index is -0.979. The van der Waals surface area contributed by atoms with Gasteiger partial charge in [-0.3, -0.25) is 9.59 Å². The van der Waals surface area contributed by atoms with Crippen molar-refractivity contribution in [2.24, 2.45) is 0 Å². The van der Waals surface area contributed by atoms with Gasteiger partial charge in [0.05, 0.1) is 17.3 Å². The first-order valence-electron chi connectivity index (χ1n) is 10.6. The van der Waals surface area contributed by atoms with E-state index in [1.165, 1.54) is 7.11 Å². The third-order valence-corrected chi connectivity index (χ3v) is 6.42. The zero-order valence-electron chi connectivity index (χ0n) is 18.5. The molecule has 0 aromatic heterocycles. The van der Waals surface area contributed by atoms with E-state index in [2.05, 4.69) is 10.6 Å². The first-order valence-corrected chi connectivity index (χ1v) is 12.1. The van der Waals surface area contributed by atoms with E-state index in [0.717, 1.165) is 5.56 Å². The van der Waals surface area contributed by atoms with Gasteiger partial charge < -0.3 is 30.3 Å². The highest BCUT2D eigenvalue weighted by Gasteiger charge is 2.36. The van der Waals surface area contributed by atoms with E-state index in [1.807, 2.05) is 34.7 Å². The van der Waals surface area contributed by atoms with Gasteiger partial charge in [-0.2, -0.15) is 0 Å². The molecular formula is C24H26ClIN2O6. The SMILES string of the molecule is COc1cc(C=O)cc(I)c1OC1C=C(C(=O)NCCO)CC(NCc2ccc(Cl)cc2)C1O. The fourth-order valence-electron chi connectivity index (χ4n) is 3.61. The molecule has 1 amide bonds. The van der Waals surface area contributed by atoms with Gasteiger partial charge in [0.15, 0.2) is 11.5 Å². The van der Waals surface area contributed by atoms with Crippen LogP contribution in [0.4, 0.5) is 0 Å². The molecule has 3 rings (SSSR count). The largest absolute Gasteiger partial charge is 0.493 e. The summed E-state index contributed by atoms with van der Waals surface area (Å²) in [7, 11) is 1.46. The Hall–Kier alpha value is -2.18.